The van der Waals surface area contributed by atoms with Gasteiger partial charge >= 0.3 is 0 Å². The molecule has 4 aromatic rings. The van der Waals surface area contributed by atoms with E-state index in [9.17, 15) is 4.79 Å². The summed E-state index contributed by atoms with van der Waals surface area (Å²) in [5, 5.41) is 8.44. The molecular weight excluding hydrogens is 452 g/mol. The number of aromatic nitrogens is 5. The second-order valence-corrected chi connectivity index (χ2v) is 9.46. The fourth-order valence-corrected chi connectivity index (χ4v) is 5.38. The van der Waals surface area contributed by atoms with Crippen LogP contribution >= 0.6 is 0 Å². The van der Waals surface area contributed by atoms with Crippen LogP contribution in [0.15, 0.2) is 67.0 Å². The van der Waals surface area contributed by atoms with Crippen LogP contribution in [0.3, 0.4) is 0 Å². The number of anilines is 1. The lowest BCUT2D eigenvalue weighted by atomic mass is 9.95. The molecule has 2 saturated heterocycles. The molecule has 0 bridgehead atoms. The first-order valence-electron chi connectivity index (χ1n) is 12.6. The molecule has 2 aromatic carbocycles. The Morgan fingerprint density at radius 1 is 0.917 bits per heavy atom. The summed E-state index contributed by atoms with van der Waals surface area (Å²) in [5.74, 6) is 0.994. The number of rotatable bonds is 6. The SMILES string of the molecule is CCn1nnc2c(N3CC(C(=O)N4CCN(C(c5ccccc5)c5ccccc5)CC4)C3)ncnc21. The highest BCUT2D eigenvalue weighted by Crippen LogP contribution is 2.31. The minimum Gasteiger partial charge on any atom is -0.353 e. The molecule has 6 rings (SSSR count). The van der Waals surface area contributed by atoms with E-state index in [2.05, 4.69) is 90.7 Å². The Morgan fingerprint density at radius 3 is 2.17 bits per heavy atom. The molecule has 0 N–H and O–H groups in total. The Kier molecular flexibility index (Phi) is 6.06. The van der Waals surface area contributed by atoms with Gasteiger partial charge in [0.15, 0.2) is 17.0 Å². The van der Waals surface area contributed by atoms with Gasteiger partial charge in [-0.1, -0.05) is 65.9 Å². The van der Waals surface area contributed by atoms with Crippen molar-refractivity contribution in [3.05, 3.63) is 78.1 Å². The van der Waals surface area contributed by atoms with Crippen molar-refractivity contribution in [2.24, 2.45) is 5.92 Å². The summed E-state index contributed by atoms with van der Waals surface area (Å²) in [6.45, 7) is 7.21. The molecule has 0 saturated carbocycles. The topological polar surface area (TPSA) is 83.3 Å². The van der Waals surface area contributed by atoms with Crippen molar-refractivity contribution < 1.29 is 4.79 Å². The van der Waals surface area contributed by atoms with Gasteiger partial charge in [0.25, 0.3) is 0 Å². The molecule has 2 fully saturated rings. The largest absolute Gasteiger partial charge is 0.353 e. The molecular formula is C27H30N8O. The summed E-state index contributed by atoms with van der Waals surface area (Å²) in [5.41, 5.74) is 4.01. The van der Waals surface area contributed by atoms with Crippen molar-refractivity contribution in [2.75, 3.05) is 44.2 Å². The number of hydrogen-bond acceptors (Lipinski definition) is 7. The van der Waals surface area contributed by atoms with Gasteiger partial charge in [-0.2, -0.15) is 0 Å². The van der Waals surface area contributed by atoms with E-state index in [-0.39, 0.29) is 17.9 Å². The lowest BCUT2D eigenvalue weighted by Crippen LogP contribution is -2.58. The Bertz CT molecular complexity index is 1290. The summed E-state index contributed by atoms with van der Waals surface area (Å²) < 4.78 is 1.76. The minimum absolute atomic E-state index is 0.0122. The Hall–Kier alpha value is -3.85. The van der Waals surface area contributed by atoms with Gasteiger partial charge in [-0.15, -0.1) is 5.10 Å². The van der Waals surface area contributed by atoms with Gasteiger partial charge in [0.05, 0.1) is 12.0 Å². The highest BCUT2D eigenvalue weighted by Gasteiger charge is 2.38. The molecule has 9 nitrogen and oxygen atoms in total. The molecule has 9 heteroatoms. The van der Waals surface area contributed by atoms with Gasteiger partial charge in [-0.25, -0.2) is 14.6 Å². The van der Waals surface area contributed by atoms with Crippen LogP contribution in [0, 0.1) is 5.92 Å². The quantitative estimate of drug-likeness (QED) is 0.418. The summed E-state index contributed by atoms with van der Waals surface area (Å²) in [4.78, 5) is 28.7. The van der Waals surface area contributed by atoms with E-state index in [0.717, 1.165) is 37.6 Å². The summed E-state index contributed by atoms with van der Waals surface area (Å²) in [7, 11) is 0. The lowest BCUT2D eigenvalue weighted by molar-refractivity contribution is -0.138. The molecule has 0 radical (unpaired) electrons. The van der Waals surface area contributed by atoms with Crippen molar-refractivity contribution in [3.63, 3.8) is 0 Å². The standard InChI is InChI=1S/C27H30N8O/c1-2-35-26-23(30-31-35)25(28-19-29-26)34-17-22(18-34)27(36)33-15-13-32(14-16-33)24(20-9-5-3-6-10-20)21-11-7-4-8-12-21/h3-12,19,22,24H,2,13-18H2,1H3. The third-order valence-corrected chi connectivity index (χ3v) is 7.33. The summed E-state index contributed by atoms with van der Waals surface area (Å²) in [6.07, 6.45) is 1.55. The summed E-state index contributed by atoms with van der Waals surface area (Å²) in [6, 6.07) is 21.5. The van der Waals surface area contributed by atoms with Crippen LogP contribution in [-0.4, -0.2) is 79.9 Å². The average molecular weight is 483 g/mol. The van der Waals surface area contributed by atoms with E-state index in [0.29, 0.717) is 25.2 Å². The number of benzene rings is 2. The molecule has 2 aliphatic rings. The monoisotopic (exact) mass is 482 g/mol. The second-order valence-electron chi connectivity index (χ2n) is 9.46. The number of piperazine rings is 1. The lowest BCUT2D eigenvalue weighted by Gasteiger charge is -2.44. The normalized spacial score (nSPS) is 17.1. The highest BCUT2D eigenvalue weighted by molar-refractivity contribution is 5.86. The zero-order chi connectivity index (χ0) is 24.5. The molecule has 2 aromatic heterocycles. The first-order chi connectivity index (χ1) is 17.7. The third kappa shape index (κ3) is 4.09. The van der Waals surface area contributed by atoms with Crippen molar-refractivity contribution in [1.29, 1.82) is 0 Å². The van der Waals surface area contributed by atoms with E-state index in [1.54, 1.807) is 11.0 Å². The van der Waals surface area contributed by atoms with Crippen molar-refractivity contribution in [1.82, 2.24) is 34.8 Å². The Balaban J connectivity index is 1.10. The van der Waals surface area contributed by atoms with Crippen molar-refractivity contribution in [3.8, 4) is 0 Å². The first-order valence-corrected chi connectivity index (χ1v) is 12.6. The molecule has 2 aliphatic heterocycles. The Morgan fingerprint density at radius 2 is 1.56 bits per heavy atom. The third-order valence-electron chi connectivity index (χ3n) is 7.33. The van der Waals surface area contributed by atoms with Gasteiger partial charge in [-0.3, -0.25) is 9.69 Å². The van der Waals surface area contributed by atoms with Gasteiger partial charge < -0.3 is 9.80 Å². The summed E-state index contributed by atoms with van der Waals surface area (Å²) >= 11 is 0. The number of amides is 1. The van der Waals surface area contributed by atoms with Gasteiger partial charge in [0.1, 0.15) is 6.33 Å². The number of nitrogens with zero attached hydrogens (tertiary/aromatic N) is 8. The van der Waals surface area contributed by atoms with Crippen LogP contribution in [-0.2, 0) is 11.3 Å². The second kappa shape index (κ2) is 9.66. The maximum Gasteiger partial charge on any atom is 0.229 e. The predicted octanol–water partition coefficient (Wildman–Crippen LogP) is 2.61. The van der Waals surface area contributed by atoms with Gasteiger partial charge in [-0.05, 0) is 18.1 Å². The predicted molar refractivity (Wildman–Crippen MR) is 137 cm³/mol. The van der Waals surface area contributed by atoms with Gasteiger partial charge in [0, 0.05) is 45.8 Å². The number of fused-ring (bicyclic) bond motifs is 1. The fraction of sp³-hybridized carbons (Fsp3) is 0.370. The molecule has 1 amide bonds. The number of carbonyl (C=O) groups is 1. The van der Waals surface area contributed by atoms with Crippen LogP contribution < -0.4 is 4.90 Å². The van der Waals surface area contributed by atoms with Crippen molar-refractivity contribution >= 4 is 22.9 Å². The fourth-order valence-electron chi connectivity index (χ4n) is 5.38. The average Bonchev–Trinajstić information content (AvgIpc) is 3.34. The van der Waals surface area contributed by atoms with E-state index in [1.165, 1.54) is 11.1 Å². The molecule has 0 atom stereocenters. The molecule has 4 heterocycles. The van der Waals surface area contributed by atoms with Crippen LogP contribution in [0.25, 0.3) is 11.2 Å². The van der Waals surface area contributed by atoms with E-state index < -0.39 is 0 Å². The molecule has 0 unspecified atom stereocenters. The molecule has 0 aliphatic carbocycles. The maximum atomic E-state index is 13.3. The zero-order valence-electron chi connectivity index (χ0n) is 20.4. The first kappa shape index (κ1) is 22.6. The number of aryl methyl sites for hydroxylation is 1. The number of carbonyl (C=O) groups excluding carboxylic acids is 1. The van der Waals surface area contributed by atoms with Gasteiger partial charge in [0.2, 0.25) is 5.91 Å². The minimum atomic E-state index is -0.0122. The van der Waals surface area contributed by atoms with Crippen LogP contribution in [0.5, 0.6) is 0 Å². The smallest absolute Gasteiger partial charge is 0.229 e. The van der Waals surface area contributed by atoms with Crippen molar-refractivity contribution in [2.45, 2.75) is 19.5 Å². The number of hydrogen-bond donors (Lipinski definition) is 0. The maximum absolute atomic E-state index is 13.3. The molecule has 36 heavy (non-hydrogen) atoms. The highest BCUT2D eigenvalue weighted by atomic mass is 16.2. The van der Waals surface area contributed by atoms with Crippen LogP contribution in [0.4, 0.5) is 5.82 Å². The van der Waals surface area contributed by atoms with E-state index >= 15 is 0 Å². The van der Waals surface area contributed by atoms with E-state index in [1.807, 2.05) is 11.8 Å². The molecule has 0 spiro atoms. The Labute approximate surface area is 210 Å². The zero-order valence-corrected chi connectivity index (χ0v) is 20.4. The molecule has 184 valence electrons. The van der Waals surface area contributed by atoms with Crippen LogP contribution in [0.1, 0.15) is 24.1 Å². The van der Waals surface area contributed by atoms with Crippen LogP contribution in [0.2, 0.25) is 0 Å². The van der Waals surface area contributed by atoms with E-state index in [4.69, 9.17) is 0 Å².